The molecule has 3 rings (SSSR count). The van der Waals surface area contributed by atoms with Crippen molar-refractivity contribution in [2.75, 3.05) is 68.6 Å². The molecule has 0 amide bonds. The Hall–Kier alpha value is -2.57. The highest BCUT2D eigenvalue weighted by Crippen LogP contribution is 2.27. The fourth-order valence-electron chi connectivity index (χ4n) is 3.63. The molecule has 0 aliphatic rings. The van der Waals surface area contributed by atoms with Gasteiger partial charge in [-0.25, -0.2) is 0 Å². The van der Waals surface area contributed by atoms with E-state index in [0.717, 1.165) is 62.7 Å². The standard InChI is InChI=1S/C25H36N3O3/c1-27(2,3)13-7-15-30-19-9-11-21-22-12-10-20(31-16-8-14-28(4,5)6)18-24(22)26-25(29)23(21)17-19/h9-12,17-18H,7-8,13-16H2,1-6H3/q+1/p+1. The number of nitrogens with zero attached hydrogens (tertiary/aromatic N) is 2. The van der Waals surface area contributed by atoms with Crippen molar-refractivity contribution in [3.8, 4) is 11.5 Å². The van der Waals surface area contributed by atoms with Gasteiger partial charge in [-0.05, 0) is 35.7 Å². The quantitative estimate of drug-likeness (QED) is 0.305. The lowest BCUT2D eigenvalue weighted by molar-refractivity contribution is -0.870. The molecule has 0 radical (unpaired) electrons. The summed E-state index contributed by atoms with van der Waals surface area (Å²) in [6.07, 6.45) is 1.94. The zero-order valence-corrected chi connectivity index (χ0v) is 19.8. The highest BCUT2D eigenvalue weighted by Gasteiger charge is 2.10. The Balaban J connectivity index is 1.73. The van der Waals surface area contributed by atoms with E-state index in [9.17, 15) is 4.79 Å². The van der Waals surface area contributed by atoms with E-state index in [1.165, 1.54) is 0 Å². The smallest absolute Gasteiger partial charge is 0.256 e. The number of nitrogens with one attached hydrogen (secondary N) is 1. The molecule has 3 aromatic rings. The lowest BCUT2D eigenvalue weighted by atomic mass is 10.1. The highest BCUT2D eigenvalue weighted by atomic mass is 16.5. The number of fused-ring (bicyclic) bond motifs is 3. The van der Waals surface area contributed by atoms with Crippen LogP contribution in [0.2, 0.25) is 0 Å². The number of pyridine rings is 1. The first-order chi connectivity index (χ1) is 14.5. The largest absolute Gasteiger partial charge is 0.493 e. The fourth-order valence-corrected chi connectivity index (χ4v) is 3.63. The molecular weight excluding hydrogens is 390 g/mol. The Morgan fingerprint density at radius 1 is 0.710 bits per heavy atom. The third kappa shape index (κ3) is 6.71. The minimum absolute atomic E-state index is 0.110. The van der Waals surface area contributed by atoms with Crippen LogP contribution in [0.3, 0.4) is 0 Å². The summed E-state index contributed by atoms with van der Waals surface area (Å²) in [5.41, 5.74) is 0.680. The third-order valence-corrected chi connectivity index (χ3v) is 5.25. The average molecular weight is 428 g/mol. The second-order valence-corrected chi connectivity index (χ2v) is 10.3. The Kier molecular flexibility index (Phi) is 6.92. The molecule has 168 valence electrons. The molecule has 31 heavy (non-hydrogen) atoms. The monoisotopic (exact) mass is 427 g/mol. The first kappa shape index (κ1) is 23.1. The lowest BCUT2D eigenvalue weighted by Gasteiger charge is -2.23. The van der Waals surface area contributed by atoms with Crippen LogP contribution in [-0.2, 0) is 0 Å². The van der Waals surface area contributed by atoms with Crippen LogP contribution in [0.1, 0.15) is 12.8 Å². The van der Waals surface area contributed by atoms with Crippen molar-refractivity contribution >= 4 is 21.7 Å². The maximum atomic E-state index is 12.7. The summed E-state index contributed by atoms with van der Waals surface area (Å²) in [6.45, 7) is 3.39. The topological polar surface area (TPSA) is 51.3 Å². The molecule has 1 aromatic heterocycles. The van der Waals surface area contributed by atoms with Crippen LogP contribution in [0.15, 0.2) is 41.2 Å². The second-order valence-electron chi connectivity index (χ2n) is 10.3. The minimum Gasteiger partial charge on any atom is -0.493 e. The number of benzene rings is 2. The van der Waals surface area contributed by atoms with Gasteiger partial charge in [0.15, 0.2) is 0 Å². The van der Waals surface area contributed by atoms with Crippen molar-refractivity contribution in [2.24, 2.45) is 0 Å². The van der Waals surface area contributed by atoms with Gasteiger partial charge in [0.2, 0.25) is 0 Å². The van der Waals surface area contributed by atoms with E-state index in [1.54, 1.807) is 0 Å². The van der Waals surface area contributed by atoms with E-state index in [0.29, 0.717) is 18.6 Å². The van der Waals surface area contributed by atoms with Crippen molar-refractivity contribution in [2.45, 2.75) is 12.8 Å². The summed E-state index contributed by atoms with van der Waals surface area (Å²) in [5.74, 6) is 1.51. The molecule has 0 bridgehead atoms. The number of ether oxygens (including phenoxy) is 2. The van der Waals surface area contributed by atoms with Crippen molar-refractivity contribution in [3.63, 3.8) is 0 Å². The molecule has 1 heterocycles. The van der Waals surface area contributed by atoms with Gasteiger partial charge in [0.25, 0.3) is 5.56 Å². The summed E-state index contributed by atoms with van der Waals surface area (Å²) in [7, 11) is 13.0. The minimum atomic E-state index is -0.110. The highest BCUT2D eigenvalue weighted by molar-refractivity contribution is 6.05. The van der Waals surface area contributed by atoms with Crippen molar-refractivity contribution in [1.82, 2.24) is 4.98 Å². The van der Waals surface area contributed by atoms with Crippen LogP contribution in [0.25, 0.3) is 21.7 Å². The molecule has 6 heteroatoms. The van der Waals surface area contributed by atoms with E-state index in [2.05, 4.69) is 47.3 Å². The first-order valence-corrected chi connectivity index (χ1v) is 11.0. The molecule has 0 fully saturated rings. The van der Waals surface area contributed by atoms with E-state index >= 15 is 0 Å². The van der Waals surface area contributed by atoms with Gasteiger partial charge in [0.1, 0.15) is 11.5 Å². The van der Waals surface area contributed by atoms with Crippen molar-refractivity contribution in [1.29, 1.82) is 0 Å². The van der Waals surface area contributed by atoms with Crippen LogP contribution >= 0.6 is 0 Å². The predicted molar refractivity (Wildman–Crippen MR) is 128 cm³/mol. The molecule has 6 nitrogen and oxygen atoms in total. The molecule has 0 spiro atoms. The summed E-state index contributed by atoms with van der Waals surface area (Å²) in [6, 6.07) is 11.7. The average Bonchev–Trinajstić information content (AvgIpc) is 2.67. The molecule has 2 aromatic carbocycles. The van der Waals surface area contributed by atoms with Gasteiger partial charge in [0.05, 0.1) is 79.5 Å². The van der Waals surface area contributed by atoms with Crippen molar-refractivity contribution < 1.29 is 18.4 Å². The number of quaternary nitrogens is 2. The zero-order valence-electron chi connectivity index (χ0n) is 19.8. The molecular formula is C25H37N3O3+2. The van der Waals surface area contributed by atoms with E-state index in [1.807, 2.05) is 36.4 Å². The van der Waals surface area contributed by atoms with Crippen LogP contribution in [0.5, 0.6) is 11.5 Å². The predicted octanol–water partition coefficient (Wildman–Crippen LogP) is 3.63. The third-order valence-electron chi connectivity index (χ3n) is 5.25. The number of hydrogen-bond acceptors (Lipinski definition) is 3. The van der Waals surface area contributed by atoms with Gasteiger partial charge in [-0.2, -0.15) is 0 Å². The lowest BCUT2D eigenvalue weighted by Crippen LogP contribution is -2.36. The number of aromatic nitrogens is 1. The fraction of sp³-hybridized carbons (Fsp3) is 0.480. The van der Waals surface area contributed by atoms with Crippen molar-refractivity contribution in [3.05, 3.63) is 46.8 Å². The van der Waals surface area contributed by atoms with E-state index in [4.69, 9.17) is 9.47 Å². The van der Waals surface area contributed by atoms with Gasteiger partial charge in [-0.15, -0.1) is 0 Å². The summed E-state index contributed by atoms with van der Waals surface area (Å²) in [4.78, 5) is 15.7. The van der Waals surface area contributed by atoms with Gasteiger partial charge < -0.3 is 23.4 Å². The first-order valence-electron chi connectivity index (χ1n) is 11.0. The van der Waals surface area contributed by atoms with Crippen LogP contribution < -0.4 is 15.0 Å². The zero-order chi connectivity index (χ0) is 22.6. The van der Waals surface area contributed by atoms with Gasteiger partial charge >= 0.3 is 0 Å². The van der Waals surface area contributed by atoms with Gasteiger partial charge in [-0.1, -0.05) is 0 Å². The molecule has 0 saturated carbocycles. The van der Waals surface area contributed by atoms with Gasteiger partial charge in [-0.3, -0.25) is 4.79 Å². The van der Waals surface area contributed by atoms with Crippen LogP contribution in [0, 0.1) is 0 Å². The molecule has 0 aliphatic carbocycles. The number of rotatable bonds is 10. The molecule has 0 atom stereocenters. The Morgan fingerprint density at radius 2 is 1.23 bits per heavy atom. The number of aromatic amines is 1. The van der Waals surface area contributed by atoms with Gasteiger partial charge in [0, 0.05) is 24.3 Å². The summed E-state index contributed by atoms with van der Waals surface area (Å²) in [5, 5.41) is 2.58. The summed E-state index contributed by atoms with van der Waals surface area (Å²) >= 11 is 0. The Bertz CT molecular complexity index is 1090. The molecule has 0 aliphatic heterocycles. The van der Waals surface area contributed by atoms with E-state index < -0.39 is 0 Å². The Morgan fingerprint density at radius 3 is 1.77 bits per heavy atom. The van der Waals surface area contributed by atoms with Crippen LogP contribution in [0.4, 0.5) is 0 Å². The maximum absolute atomic E-state index is 12.7. The summed E-state index contributed by atoms with van der Waals surface area (Å²) < 4.78 is 13.6. The molecule has 1 N–H and O–H groups in total. The normalized spacial score (nSPS) is 12.5. The Labute approximate surface area is 185 Å². The van der Waals surface area contributed by atoms with E-state index in [-0.39, 0.29) is 5.56 Å². The molecule has 0 saturated heterocycles. The second kappa shape index (κ2) is 9.28. The van der Waals surface area contributed by atoms with Crippen LogP contribution in [-0.4, -0.2) is 82.5 Å². The molecule has 0 unspecified atom stereocenters. The number of hydrogen-bond donors (Lipinski definition) is 1. The maximum Gasteiger partial charge on any atom is 0.256 e. The number of H-pyrrole nitrogens is 1. The SMILES string of the molecule is C[N+](C)(C)CCCOc1ccc2c(c1)[nH]c(=O)c1cc(OCCC[N+](C)(C)C)ccc12.